The van der Waals surface area contributed by atoms with Crippen LogP contribution in [0.15, 0.2) is 61.2 Å². The molecule has 2 aromatic carbocycles. The number of allylic oxidation sites excluding steroid dienone is 1. The van der Waals surface area contributed by atoms with Crippen molar-refractivity contribution in [2.24, 2.45) is 5.92 Å². The van der Waals surface area contributed by atoms with Gasteiger partial charge in [-0.2, -0.15) is 0 Å². The molecule has 1 amide bonds. The molecule has 0 saturated carbocycles. The largest absolute Gasteiger partial charge is 0.394 e. The quantitative estimate of drug-likeness (QED) is 0.544. The number of hydrogen-bond donors (Lipinski definition) is 1. The second kappa shape index (κ2) is 9.80. The van der Waals surface area contributed by atoms with Gasteiger partial charge >= 0.3 is 0 Å². The summed E-state index contributed by atoms with van der Waals surface area (Å²) in [6.45, 7) is 5.77. The molecule has 0 aliphatic carbocycles. The van der Waals surface area contributed by atoms with E-state index >= 15 is 0 Å². The maximum atomic E-state index is 13.5. The minimum atomic E-state index is -0.252. The van der Waals surface area contributed by atoms with Gasteiger partial charge in [0.05, 0.1) is 18.7 Å². The lowest BCUT2D eigenvalue weighted by molar-refractivity contribution is -0.148. The van der Waals surface area contributed by atoms with Crippen LogP contribution in [0.5, 0.6) is 0 Å². The maximum Gasteiger partial charge on any atom is 0.226 e. The molecule has 0 radical (unpaired) electrons. The standard InChI is InChI=1S/C24H27Cl2NO2/c1-3-6-18-14-22(17-7-5-8-20(26)13-17)23(16-9-11-19(25)12-10-16)27(24(18)29)21(4-2)15-28/h3,5,7-13,18,21-23,28H,1,4,6,14-15H2,2H3/t18?,21?,22-,23-/m1/s1. The summed E-state index contributed by atoms with van der Waals surface area (Å²) >= 11 is 12.4. The Morgan fingerprint density at radius 3 is 2.48 bits per heavy atom. The highest BCUT2D eigenvalue weighted by Gasteiger charge is 2.44. The van der Waals surface area contributed by atoms with Crippen LogP contribution in [-0.2, 0) is 4.79 Å². The number of nitrogens with zero attached hydrogens (tertiary/aromatic N) is 1. The highest BCUT2D eigenvalue weighted by Crippen LogP contribution is 2.47. The first-order chi connectivity index (χ1) is 14.0. The Kier molecular flexibility index (Phi) is 7.39. The van der Waals surface area contributed by atoms with Gasteiger partial charge in [0.2, 0.25) is 5.91 Å². The first-order valence-electron chi connectivity index (χ1n) is 10.0. The predicted molar refractivity (Wildman–Crippen MR) is 119 cm³/mol. The Morgan fingerprint density at radius 2 is 1.90 bits per heavy atom. The third-order valence-electron chi connectivity index (χ3n) is 5.84. The van der Waals surface area contributed by atoms with Crippen molar-refractivity contribution in [2.75, 3.05) is 6.61 Å². The predicted octanol–water partition coefficient (Wildman–Crippen LogP) is 6.01. The number of amides is 1. The molecule has 1 heterocycles. The SMILES string of the molecule is C=CCC1C[C@H](c2cccc(Cl)c2)[C@@H](c2ccc(Cl)cc2)N(C(CC)CO)C1=O. The zero-order chi connectivity index (χ0) is 21.0. The lowest BCUT2D eigenvalue weighted by Gasteiger charge is -2.48. The van der Waals surface area contributed by atoms with E-state index in [1.165, 1.54) is 0 Å². The van der Waals surface area contributed by atoms with Crippen molar-refractivity contribution in [1.29, 1.82) is 0 Å². The molecule has 0 spiro atoms. The van der Waals surface area contributed by atoms with Gasteiger partial charge in [-0.05, 0) is 54.7 Å². The van der Waals surface area contributed by atoms with Gasteiger partial charge in [-0.3, -0.25) is 4.79 Å². The van der Waals surface area contributed by atoms with Crippen LogP contribution in [0.2, 0.25) is 10.0 Å². The smallest absolute Gasteiger partial charge is 0.226 e. The van der Waals surface area contributed by atoms with Crippen molar-refractivity contribution in [3.05, 3.63) is 82.4 Å². The van der Waals surface area contributed by atoms with Gasteiger partial charge in [0.15, 0.2) is 0 Å². The van der Waals surface area contributed by atoms with Crippen molar-refractivity contribution in [1.82, 2.24) is 4.90 Å². The highest BCUT2D eigenvalue weighted by atomic mass is 35.5. The lowest BCUT2D eigenvalue weighted by atomic mass is 9.74. The van der Waals surface area contributed by atoms with Crippen LogP contribution in [0.3, 0.4) is 0 Å². The van der Waals surface area contributed by atoms with E-state index in [-0.39, 0.29) is 36.4 Å². The topological polar surface area (TPSA) is 40.5 Å². The number of piperidine rings is 1. The summed E-state index contributed by atoms with van der Waals surface area (Å²) in [6, 6.07) is 15.1. The number of rotatable bonds is 7. The molecule has 1 saturated heterocycles. The van der Waals surface area contributed by atoms with E-state index in [0.29, 0.717) is 29.3 Å². The minimum absolute atomic E-state index is 0.0538. The highest BCUT2D eigenvalue weighted by molar-refractivity contribution is 6.30. The molecule has 1 aliphatic rings. The molecule has 1 N–H and O–H groups in total. The third-order valence-corrected chi connectivity index (χ3v) is 6.32. The lowest BCUT2D eigenvalue weighted by Crippen LogP contribution is -2.52. The molecular formula is C24H27Cl2NO2. The van der Waals surface area contributed by atoms with E-state index in [9.17, 15) is 9.90 Å². The van der Waals surface area contributed by atoms with E-state index in [1.54, 1.807) is 6.08 Å². The summed E-state index contributed by atoms with van der Waals surface area (Å²) in [7, 11) is 0. The maximum absolute atomic E-state index is 13.5. The second-order valence-corrected chi connectivity index (χ2v) is 8.48. The van der Waals surface area contributed by atoms with Crippen molar-refractivity contribution in [3.8, 4) is 0 Å². The molecule has 1 fully saturated rings. The number of benzene rings is 2. The van der Waals surface area contributed by atoms with E-state index in [2.05, 4.69) is 12.6 Å². The molecule has 5 heteroatoms. The molecule has 0 bridgehead atoms. The van der Waals surface area contributed by atoms with Crippen LogP contribution >= 0.6 is 23.2 Å². The summed E-state index contributed by atoms with van der Waals surface area (Å²) < 4.78 is 0. The average molecular weight is 432 g/mol. The summed E-state index contributed by atoms with van der Waals surface area (Å²) in [4.78, 5) is 15.4. The van der Waals surface area contributed by atoms with Gasteiger partial charge in [-0.15, -0.1) is 6.58 Å². The molecule has 4 atom stereocenters. The Labute approximate surface area is 182 Å². The molecular weight excluding hydrogens is 405 g/mol. The Hall–Kier alpha value is -1.81. The van der Waals surface area contributed by atoms with E-state index in [1.807, 2.05) is 54.3 Å². The molecule has 1 aliphatic heterocycles. The fourth-order valence-corrected chi connectivity index (χ4v) is 4.73. The van der Waals surface area contributed by atoms with Crippen LogP contribution in [0, 0.1) is 5.92 Å². The fraction of sp³-hybridized carbons (Fsp3) is 0.375. The first-order valence-corrected chi connectivity index (χ1v) is 10.8. The van der Waals surface area contributed by atoms with Crippen molar-refractivity contribution < 1.29 is 9.90 Å². The molecule has 154 valence electrons. The summed E-state index contributed by atoms with van der Waals surface area (Å²) in [5, 5.41) is 11.4. The Morgan fingerprint density at radius 1 is 1.17 bits per heavy atom. The number of halogens is 2. The summed E-state index contributed by atoms with van der Waals surface area (Å²) in [5.74, 6) is -0.0391. The van der Waals surface area contributed by atoms with Crippen LogP contribution in [0.4, 0.5) is 0 Å². The van der Waals surface area contributed by atoms with Gasteiger partial charge in [-0.1, -0.05) is 60.5 Å². The van der Waals surface area contributed by atoms with Gasteiger partial charge in [0, 0.05) is 21.9 Å². The molecule has 0 aromatic heterocycles. The summed E-state index contributed by atoms with van der Waals surface area (Å²) in [5.41, 5.74) is 2.11. The van der Waals surface area contributed by atoms with Crippen molar-refractivity contribution in [3.63, 3.8) is 0 Å². The normalized spacial score (nSPS) is 23.1. The molecule has 2 aromatic rings. The number of carbonyl (C=O) groups excluding carboxylic acids is 1. The number of aliphatic hydroxyl groups excluding tert-OH is 1. The van der Waals surface area contributed by atoms with Crippen LogP contribution < -0.4 is 0 Å². The molecule has 2 unspecified atom stereocenters. The van der Waals surface area contributed by atoms with Crippen LogP contribution in [0.1, 0.15) is 49.3 Å². The summed E-state index contributed by atoms with van der Waals surface area (Å²) in [6.07, 6.45) is 3.80. The van der Waals surface area contributed by atoms with Crippen LogP contribution in [0.25, 0.3) is 0 Å². The second-order valence-electron chi connectivity index (χ2n) is 7.61. The van der Waals surface area contributed by atoms with Gasteiger partial charge < -0.3 is 10.0 Å². The minimum Gasteiger partial charge on any atom is -0.394 e. The zero-order valence-electron chi connectivity index (χ0n) is 16.6. The van der Waals surface area contributed by atoms with Crippen molar-refractivity contribution in [2.45, 2.75) is 44.2 Å². The molecule has 29 heavy (non-hydrogen) atoms. The van der Waals surface area contributed by atoms with Crippen LogP contribution in [-0.4, -0.2) is 28.6 Å². The number of hydrogen-bond acceptors (Lipinski definition) is 2. The number of likely N-dealkylation sites (tertiary alicyclic amines) is 1. The number of aliphatic hydroxyl groups is 1. The molecule has 3 rings (SSSR count). The van der Waals surface area contributed by atoms with Gasteiger partial charge in [-0.25, -0.2) is 0 Å². The van der Waals surface area contributed by atoms with Gasteiger partial charge in [0.1, 0.15) is 0 Å². The average Bonchev–Trinajstić information content (AvgIpc) is 2.72. The first kappa shape index (κ1) is 21.9. The zero-order valence-corrected chi connectivity index (χ0v) is 18.1. The fourth-order valence-electron chi connectivity index (χ4n) is 4.41. The third kappa shape index (κ3) is 4.69. The Balaban J connectivity index is 2.16. The van der Waals surface area contributed by atoms with E-state index < -0.39 is 0 Å². The number of carbonyl (C=O) groups is 1. The monoisotopic (exact) mass is 431 g/mol. The molecule has 3 nitrogen and oxygen atoms in total. The van der Waals surface area contributed by atoms with Crippen molar-refractivity contribution >= 4 is 29.1 Å². The van der Waals surface area contributed by atoms with E-state index in [4.69, 9.17) is 23.2 Å². The Bertz CT molecular complexity index is 848. The van der Waals surface area contributed by atoms with Gasteiger partial charge in [0.25, 0.3) is 0 Å². The van der Waals surface area contributed by atoms with E-state index in [0.717, 1.165) is 11.1 Å².